The Morgan fingerprint density at radius 3 is 2.83 bits per heavy atom. The van der Waals surface area contributed by atoms with Gasteiger partial charge >= 0.3 is 0 Å². The molecule has 1 fully saturated rings. The molecule has 0 amide bonds. The largest absolute Gasteiger partial charge is 0.363 e. The van der Waals surface area contributed by atoms with Crippen molar-refractivity contribution in [1.29, 1.82) is 0 Å². The average molecular weight is 342 g/mol. The van der Waals surface area contributed by atoms with Crippen molar-refractivity contribution in [2.75, 3.05) is 13.1 Å². The number of benzene rings is 1. The molecule has 128 valence electrons. The highest BCUT2D eigenvalue weighted by atomic mass is 32.1. The summed E-state index contributed by atoms with van der Waals surface area (Å²) in [5.74, 6) is 1.30. The monoisotopic (exact) mass is 341 g/mol. The molecule has 4 heteroatoms. The van der Waals surface area contributed by atoms with Gasteiger partial charge in [-0.05, 0) is 54.4 Å². The van der Waals surface area contributed by atoms with Crippen molar-refractivity contribution in [3.8, 4) is 0 Å². The molecule has 1 aliphatic rings. The Labute approximate surface area is 149 Å². The van der Waals surface area contributed by atoms with Crippen LogP contribution in [0.5, 0.6) is 0 Å². The fourth-order valence-electron chi connectivity index (χ4n) is 4.12. The number of aryl methyl sites for hydroxylation is 1. The lowest BCUT2D eigenvalue weighted by Gasteiger charge is -2.09. The highest BCUT2D eigenvalue weighted by molar-refractivity contribution is 7.80. The lowest BCUT2D eigenvalue weighted by Crippen LogP contribution is -2.35. The van der Waals surface area contributed by atoms with Gasteiger partial charge in [0.1, 0.15) is 0 Å². The van der Waals surface area contributed by atoms with E-state index in [9.17, 15) is 0 Å². The number of thiocarbonyl (C=S) groups is 1. The number of hydrogen-bond donors (Lipinski definition) is 3. The van der Waals surface area contributed by atoms with Crippen LogP contribution in [0.1, 0.15) is 37.4 Å². The molecule has 0 unspecified atom stereocenters. The zero-order valence-corrected chi connectivity index (χ0v) is 15.6. The summed E-state index contributed by atoms with van der Waals surface area (Å²) < 4.78 is 0. The van der Waals surface area contributed by atoms with Crippen molar-refractivity contribution in [2.24, 2.45) is 11.3 Å². The maximum atomic E-state index is 5.27. The first-order valence-corrected chi connectivity index (χ1v) is 9.07. The Balaban J connectivity index is 1.67. The van der Waals surface area contributed by atoms with Gasteiger partial charge in [-0.25, -0.2) is 0 Å². The molecule has 2 aromatic rings. The molecule has 1 aromatic heterocycles. The number of nitrogens with one attached hydrogen (secondary N) is 3. The Bertz CT molecular complexity index is 759. The maximum absolute atomic E-state index is 5.27. The number of rotatable bonds is 6. The normalized spacial score (nSPS) is 21.5. The molecule has 1 saturated carbocycles. The van der Waals surface area contributed by atoms with Gasteiger partial charge in [-0.2, -0.15) is 0 Å². The predicted octanol–water partition coefficient (Wildman–Crippen LogP) is 4.26. The minimum atomic E-state index is 0.341. The summed E-state index contributed by atoms with van der Waals surface area (Å²) in [4.78, 5) is 3.55. The summed E-state index contributed by atoms with van der Waals surface area (Å²) in [6.45, 7) is 12.3. The van der Waals surface area contributed by atoms with Crippen molar-refractivity contribution in [2.45, 2.75) is 33.1 Å². The van der Waals surface area contributed by atoms with Gasteiger partial charge in [-0.3, -0.25) is 0 Å². The second kappa shape index (κ2) is 6.60. The zero-order valence-electron chi connectivity index (χ0n) is 14.8. The van der Waals surface area contributed by atoms with Crippen LogP contribution >= 0.6 is 12.2 Å². The summed E-state index contributed by atoms with van der Waals surface area (Å²) in [5.41, 5.74) is 4.41. The number of hydrogen-bond acceptors (Lipinski definition) is 1. The summed E-state index contributed by atoms with van der Waals surface area (Å²) in [5, 5.41) is 8.52. The van der Waals surface area contributed by atoms with Crippen LogP contribution < -0.4 is 10.6 Å². The van der Waals surface area contributed by atoms with Gasteiger partial charge in [-0.1, -0.05) is 38.1 Å². The van der Waals surface area contributed by atoms with Gasteiger partial charge < -0.3 is 15.6 Å². The second-order valence-electron chi connectivity index (χ2n) is 7.33. The molecule has 3 nitrogen and oxygen atoms in total. The lowest BCUT2D eigenvalue weighted by molar-refractivity contribution is 0.527. The molecule has 3 N–H and O–H groups in total. The van der Waals surface area contributed by atoms with Gasteiger partial charge in [0.15, 0.2) is 5.11 Å². The molecule has 1 aromatic carbocycles. The molecular weight excluding hydrogens is 314 g/mol. The van der Waals surface area contributed by atoms with Crippen LogP contribution in [0.4, 0.5) is 0 Å². The van der Waals surface area contributed by atoms with E-state index in [0.717, 1.165) is 13.0 Å². The van der Waals surface area contributed by atoms with E-state index < -0.39 is 0 Å². The summed E-state index contributed by atoms with van der Waals surface area (Å²) in [6.07, 6.45) is 2.94. The topological polar surface area (TPSA) is 39.8 Å². The van der Waals surface area contributed by atoms with E-state index >= 15 is 0 Å². The van der Waals surface area contributed by atoms with E-state index in [4.69, 9.17) is 12.2 Å². The summed E-state index contributed by atoms with van der Waals surface area (Å²) >= 11 is 5.27. The van der Waals surface area contributed by atoms with Gasteiger partial charge in [0.2, 0.25) is 0 Å². The van der Waals surface area contributed by atoms with Crippen LogP contribution in [0.25, 0.3) is 10.9 Å². The third-order valence-electron chi connectivity index (χ3n) is 5.45. The van der Waals surface area contributed by atoms with Crippen LogP contribution in [-0.2, 0) is 0 Å². The zero-order chi connectivity index (χ0) is 17.3. The fraction of sp³-hybridized carbons (Fsp3) is 0.450. The Kier molecular flexibility index (Phi) is 4.68. The van der Waals surface area contributed by atoms with E-state index in [1.165, 1.54) is 22.2 Å². The minimum absolute atomic E-state index is 0.341. The first-order chi connectivity index (χ1) is 11.5. The van der Waals surface area contributed by atoms with E-state index in [2.05, 4.69) is 67.2 Å². The molecule has 1 aliphatic carbocycles. The average Bonchev–Trinajstić information content (AvgIpc) is 2.91. The third kappa shape index (κ3) is 3.07. The molecule has 2 atom stereocenters. The third-order valence-corrected chi connectivity index (χ3v) is 5.74. The van der Waals surface area contributed by atoms with Crippen molar-refractivity contribution in [3.05, 3.63) is 48.2 Å². The predicted molar refractivity (Wildman–Crippen MR) is 106 cm³/mol. The lowest BCUT2D eigenvalue weighted by atomic mass is 10.0. The summed E-state index contributed by atoms with van der Waals surface area (Å²) in [6, 6.07) is 8.64. The molecule has 0 spiro atoms. The molecule has 0 aliphatic heterocycles. The highest BCUT2D eigenvalue weighted by Crippen LogP contribution is 2.67. The van der Waals surface area contributed by atoms with E-state index in [1.807, 2.05) is 6.08 Å². The number of para-hydroxylation sites is 1. The smallest absolute Gasteiger partial charge is 0.166 e. The van der Waals surface area contributed by atoms with Crippen LogP contribution in [0, 0.1) is 18.3 Å². The first kappa shape index (κ1) is 17.0. The van der Waals surface area contributed by atoms with Gasteiger partial charge in [0.05, 0.1) is 0 Å². The maximum Gasteiger partial charge on any atom is 0.166 e. The SMILES string of the molecule is C=CCNC(=S)NCC[C@H]1[C@H](c2c(C)[nH]c3ccccc23)C1(C)C. The Hall–Kier alpha value is -1.81. The first-order valence-electron chi connectivity index (χ1n) is 8.66. The number of aromatic amines is 1. The Morgan fingerprint density at radius 2 is 2.08 bits per heavy atom. The van der Waals surface area contributed by atoms with Crippen LogP contribution in [0.2, 0.25) is 0 Å². The van der Waals surface area contributed by atoms with Crippen LogP contribution in [0.15, 0.2) is 36.9 Å². The fourth-order valence-corrected chi connectivity index (χ4v) is 4.31. The number of H-pyrrole nitrogens is 1. The molecule has 0 saturated heterocycles. The molecule has 0 radical (unpaired) electrons. The molecule has 24 heavy (non-hydrogen) atoms. The quantitative estimate of drug-likeness (QED) is 0.543. The standard InChI is InChI=1S/C20H27N3S/c1-5-11-21-19(24)22-12-10-15-18(20(15,3)4)17-13(2)23-16-9-7-6-8-14(16)17/h5-9,15,18,23H,1,10-12H2,2-4H3,(H2,21,22,24)/t15-,18+/m0/s1. The van der Waals surface area contributed by atoms with Gasteiger partial charge in [-0.15, -0.1) is 6.58 Å². The molecular formula is C20H27N3S. The molecule has 1 heterocycles. The highest BCUT2D eigenvalue weighted by Gasteiger charge is 2.58. The van der Waals surface area contributed by atoms with E-state index in [1.54, 1.807) is 0 Å². The number of fused-ring (bicyclic) bond motifs is 1. The van der Waals surface area contributed by atoms with E-state index in [-0.39, 0.29) is 0 Å². The molecule has 3 rings (SSSR count). The Morgan fingerprint density at radius 1 is 1.33 bits per heavy atom. The van der Waals surface area contributed by atoms with E-state index in [0.29, 0.717) is 28.9 Å². The van der Waals surface area contributed by atoms with Crippen molar-refractivity contribution < 1.29 is 0 Å². The van der Waals surface area contributed by atoms with Crippen LogP contribution in [-0.4, -0.2) is 23.2 Å². The van der Waals surface area contributed by atoms with Crippen molar-refractivity contribution in [3.63, 3.8) is 0 Å². The summed E-state index contributed by atoms with van der Waals surface area (Å²) in [7, 11) is 0. The van der Waals surface area contributed by atoms with Crippen molar-refractivity contribution >= 4 is 28.2 Å². The van der Waals surface area contributed by atoms with Crippen LogP contribution in [0.3, 0.4) is 0 Å². The minimum Gasteiger partial charge on any atom is -0.363 e. The molecule has 0 bridgehead atoms. The van der Waals surface area contributed by atoms with Gasteiger partial charge in [0.25, 0.3) is 0 Å². The number of aromatic nitrogens is 1. The van der Waals surface area contributed by atoms with Gasteiger partial charge in [0, 0.05) is 29.7 Å². The second-order valence-corrected chi connectivity index (χ2v) is 7.74. The van der Waals surface area contributed by atoms with Crippen molar-refractivity contribution in [1.82, 2.24) is 15.6 Å².